The van der Waals surface area contributed by atoms with Gasteiger partial charge in [0.15, 0.2) is 0 Å². The van der Waals surface area contributed by atoms with E-state index in [0.717, 1.165) is 115 Å². The lowest BCUT2D eigenvalue weighted by atomic mass is 9.86. The third-order valence-electron chi connectivity index (χ3n) is 12.2. The van der Waals surface area contributed by atoms with Gasteiger partial charge in [-0.2, -0.15) is 0 Å². The standard InChI is InChI=1S/C42H49FN10O3/c1-26-21-32(7-8-36(26)53-19-13-38(54)49-42(53)55)50-16-10-31(11-17-50)51-18-12-33(34(43)24-51)28-3-5-30(6-4-28)47-41-46-22-29-9-15-52(25-35(29)48-41)37-23-45-40-39(27(37)2)44-14-20-56-40/h3-8,21-23,31,33-34,44H,9-20,24-25H2,1-2H3,(H,46,47,48)(H,49,54,55)/t33-,34+/m0/s1. The molecule has 13 nitrogen and oxygen atoms in total. The van der Waals surface area contributed by atoms with Gasteiger partial charge < -0.3 is 25.2 Å². The molecule has 0 unspecified atom stereocenters. The summed E-state index contributed by atoms with van der Waals surface area (Å²) in [7, 11) is 0. The van der Waals surface area contributed by atoms with E-state index in [1.165, 1.54) is 0 Å². The molecule has 0 radical (unpaired) electrons. The van der Waals surface area contributed by atoms with Crippen molar-refractivity contribution >= 4 is 46.3 Å². The Morgan fingerprint density at radius 2 is 1.73 bits per heavy atom. The van der Waals surface area contributed by atoms with E-state index in [1.54, 1.807) is 4.90 Å². The highest BCUT2D eigenvalue weighted by molar-refractivity contribution is 6.06. The van der Waals surface area contributed by atoms with Crippen molar-refractivity contribution in [2.75, 3.05) is 77.8 Å². The molecule has 14 heteroatoms. The van der Waals surface area contributed by atoms with Crippen LogP contribution in [0.1, 0.15) is 59.5 Å². The fourth-order valence-corrected chi connectivity index (χ4v) is 9.10. The molecule has 3 amide bonds. The molecule has 2 aromatic heterocycles. The highest BCUT2D eigenvalue weighted by atomic mass is 19.1. The molecule has 5 aliphatic rings. The average molecular weight is 761 g/mol. The maximum Gasteiger partial charge on any atom is 0.328 e. The van der Waals surface area contributed by atoms with Gasteiger partial charge in [-0.15, -0.1) is 0 Å². The number of hydrogen-bond acceptors (Lipinski definition) is 11. The fraction of sp³-hybridized carbons (Fsp3) is 0.452. The first kappa shape index (κ1) is 36.2. The van der Waals surface area contributed by atoms with Crippen LogP contribution in [0, 0.1) is 13.8 Å². The van der Waals surface area contributed by atoms with Gasteiger partial charge in [-0.1, -0.05) is 12.1 Å². The van der Waals surface area contributed by atoms with Crippen LogP contribution in [0.4, 0.5) is 43.6 Å². The Labute approximate surface area is 326 Å². The number of carbonyl (C=O) groups is 2. The highest BCUT2D eigenvalue weighted by Gasteiger charge is 2.35. The van der Waals surface area contributed by atoms with Gasteiger partial charge >= 0.3 is 6.03 Å². The zero-order valence-electron chi connectivity index (χ0n) is 32.1. The number of benzene rings is 2. The van der Waals surface area contributed by atoms with Gasteiger partial charge in [0.25, 0.3) is 0 Å². The lowest BCUT2D eigenvalue weighted by Crippen LogP contribution is -2.50. The van der Waals surface area contributed by atoms with Crippen molar-refractivity contribution in [3.05, 3.63) is 82.8 Å². The van der Waals surface area contributed by atoms with Crippen molar-refractivity contribution in [1.29, 1.82) is 0 Å². The van der Waals surface area contributed by atoms with Gasteiger partial charge in [-0.05, 0) is 93.1 Å². The van der Waals surface area contributed by atoms with Crippen molar-refractivity contribution in [3.63, 3.8) is 0 Å². The van der Waals surface area contributed by atoms with Crippen LogP contribution in [0.15, 0.2) is 54.9 Å². The van der Waals surface area contributed by atoms with Crippen molar-refractivity contribution in [3.8, 4) is 5.88 Å². The number of fused-ring (bicyclic) bond motifs is 2. The number of anilines is 6. The Morgan fingerprint density at radius 3 is 2.52 bits per heavy atom. The smallest absolute Gasteiger partial charge is 0.328 e. The van der Waals surface area contributed by atoms with Crippen LogP contribution < -0.4 is 35.4 Å². The maximum absolute atomic E-state index is 15.9. The molecule has 0 spiro atoms. The Balaban J connectivity index is 0.772. The third-order valence-corrected chi connectivity index (χ3v) is 12.2. The molecule has 292 valence electrons. The highest BCUT2D eigenvalue weighted by Crippen LogP contribution is 2.37. The fourth-order valence-electron chi connectivity index (χ4n) is 9.10. The first-order chi connectivity index (χ1) is 27.3. The predicted molar refractivity (Wildman–Crippen MR) is 215 cm³/mol. The second-order valence-corrected chi connectivity index (χ2v) is 15.7. The normalized spacial score (nSPS) is 21.8. The van der Waals surface area contributed by atoms with Crippen molar-refractivity contribution in [1.82, 2.24) is 25.2 Å². The first-order valence-electron chi connectivity index (χ1n) is 20.0. The van der Waals surface area contributed by atoms with Crippen LogP contribution in [-0.4, -0.2) is 96.4 Å². The summed E-state index contributed by atoms with van der Waals surface area (Å²) < 4.78 is 21.6. The van der Waals surface area contributed by atoms with E-state index in [0.29, 0.717) is 50.5 Å². The minimum absolute atomic E-state index is 0.128. The van der Waals surface area contributed by atoms with E-state index in [4.69, 9.17) is 9.72 Å². The number of hydrogen-bond donors (Lipinski definition) is 3. The summed E-state index contributed by atoms with van der Waals surface area (Å²) in [5.41, 5.74) is 10.2. The Hall–Kier alpha value is -5.50. The quantitative estimate of drug-likeness (QED) is 0.210. The number of urea groups is 1. The molecule has 4 aromatic rings. The number of nitrogens with zero attached hydrogens (tertiary/aromatic N) is 7. The Morgan fingerprint density at radius 1 is 0.893 bits per heavy atom. The molecule has 0 saturated carbocycles. The van der Waals surface area contributed by atoms with E-state index >= 15 is 4.39 Å². The molecule has 3 saturated heterocycles. The predicted octanol–water partition coefficient (Wildman–Crippen LogP) is 5.84. The number of halogens is 1. The van der Waals surface area contributed by atoms with E-state index in [1.807, 2.05) is 49.6 Å². The summed E-state index contributed by atoms with van der Waals surface area (Å²) in [6, 6.07) is 14.3. The van der Waals surface area contributed by atoms with Crippen LogP contribution in [0.5, 0.6) is 5.88 Å². The van der Waals surface area contributed by atoms with Gasteiger partial charge in [-0.3, -0.25) is 19.9 Å². The zero-order valence-corrected chi connectivity index (χ0v) is 32.1. The number of rotatable bonds is 7. The molecular formula is C42H49FN10O3. The number of piperidine rings is 2. The third kappa shape index (κ3) is 7.17. The van der Waals surface area contributed by atoms with Gasteiger partial charge in [-0.25, -0.2) is 24.1 Å². The summed E-state index contributed by atoms with van der Waals surface area (Å²) in [4.78, 5) is 46.8. The molecule has 3 N–H and O–H groups in total. The number of imide groups is 1. The van der Waals surface area contributed by atoms with Gasteiger partial charge in [0, 0.05) is 86.5 Å². The summed E-state index contributed by atoms with van der Waals surface area (Å²) in [5.74, 6) is 0.855. The van der Waals surface area contributed by atoms with Crippen LogP contribution in [0.3, 0.4) is 0 Å². The van der Waals surface area contributed by atoms with Crippen molar-refractivity contribution < 1.29 is 18.7 Å². The number of ether oxygens (including phenoxy) is 1. The topological polar surface area (TPSA) is 131 Å². The van der Waals surface area contributed by atoms with Gasteiger partial charge in [0.1, 0.15) is 18.5 Å². The van der Waals surface area contributed by atoms with Gasteiger partial charge in [0.05, 0.1) is 24.1 Å². The first-order valence-corrected chi connectivity index (χ1v) is 20.0. The van der Waals surface area contributed by atoms with E-state index < -0.39 is 6.17 Å². The molecule has 0 bridgehead atoms. The van der Waals surface area contributed by atoms with Crippen LogP contribution in [-0.2, 0) is 17.8 Å². The largest absolute Gasteiger partial charge is 0.474 e. The monoisotopic (exact) mass is 760 g/mol. The Kier molecular flexibility index (Phi) is 9.82. The summed E-state index contributed by atoms with van der Waals surface area (Å²) in [5, 5.41) is 9.22. The minimum Gasteiger partial charge on any atom is -0.474 e. The number of likely N-dealkylation sites (tertiary alicyclic amines) is 1. The Bertz CT molecular complexity index is 2120. The molecule has 9 rings (SSSR count). The second-order valence-electron chi connectivity index (χ2n) is 15.7. The number of amides is 3. The molecule has 3 fully saturated rings. The maximum atomic E-state index is 15.9. The molecule has 56 heavy (non-hydrogen) atoms. The molecule has 7 heterocycles. The lowest BCUT2D eigenvalue weighted by molar-refractivity contribution is -0.120. The zero-order chi connectivity index (χ0) is 38.3. The number of carbonyl (C=O) groups excluding carboxylic acids is 2. The van der Waals surface area contributed by atoms with E-state index in [2.05, 4.69) is 59.7 Å². The summed E-state index contributed by atoms with van der Waals surface area (Å²) >= 11 is 0. The summed E-state index contributed by atoms with van der Waals surface area (Å²) in [6.45, 7) is 10.6. The number of nitrogens with one attached hydrogen (secondary N) is 3. The van der Waals surface area contributed by atoms with Crippen LogP contribution >= 0.6 is 0 Å². The molecule has 5 aliphatic heterocycles. The second kappa shape index (κ2) is 15.2. The molecule has 2 atom stereocenters. The summed E-state index contributed by atoms with van der Waals surface area (Å²) in [6.07, 6.45) is 6.82. The van der Waals surface area contributed by atoms with Crippen molar-refractivity contribution in [2.45, 2.75) is 70.6 Å². The lowest BCUT2D eigenvalue weighted by Gasteiger charge is -2.43. The number of aromatic nitrogens is 3. The SMILES string of the molecule is Cc1cc(N2CCC(N3CC[C@@H](c4ccc(Nc5ncc6c(n5)CN(c5cnc7c(c5C)NCCO7)CC6)cc4)[C@H](F)C3)CC2)ccc1N1CCC(=O)NC1=O. The van der Waals surface area contributed by atoms with E-state index in [-0.39, 0.29) is 17.9 Å². The number of aryl methyl sites for hydroxylation is 1. The average Bonchev–Trinajstić information content (AvgIpc) is 3.21. The van der Waals surface area contributed by atoms with E-state index in [9.17, 15) is 9.59 Å². The minimum atomic E-state index is -0.928. The molecular weight excluding hydrogens is 712 g/mol. The molecule has 0 aliphatic carbocycles. The van der Waals surface area contributed by atoms with Crippen LogP contribution in [0.2, 0.25) is 0 Å². The van der Waals surface area contributed by atoms with Gasteiger partial charge in [0.2, 0.25) is 17.7 Å². The van der Waals surface area contributed by atoms with Crippen molar-refractivity contribution in [2.24, 2.45) is 0 Å². The van der Waals surface area contributed by atoms with Crippen LogP contribution in [0.25, 0.3) is 0 Å². The number of pyridine rings is 1. The molecule has 2 aromatic carbocycles. The number of alkyl halides is 1.